The zero-order valence-electron chi connectivity index (χ0n) is 16.5. The molecule has 3 aliphatic heterocycles. The number of urea groups is 1. The first-order valence-corrected chi connectivity index (χ1v) is 10.6. The van der Waals surface area contributed by atoms with Crippen molar-refractivity contribution >= 4 is 45.7 Å². The number of rotatable bonds is 3. The molecule has 3 aliphatic rings. The number of benzene rings is 2. The van der Waals surface area contributed by atoms with Gasteiger partial charge in [-0.25, -0.2) is 9.69 Å². The lowest BCUT2D eigenvalue weighted by Gasteiger charge is -2.36. The number of fused-ring (bicyclic) bond motifs is 6. The van der Waals surface area contributed by atoms with Gasteiger partial charge in [0.15, 0.2) is 5.11 Å². The number of nitrogens with one attached hydrogen (secondary N) is 1. The van der Waals surface area contributed by atoms with Crippen LogP contribution in [-0.2, 0) is 4.79 Å². The summed E-state index contributed by atoms with van der Waals surface area (Å²) in [6.07, 6.45) is 0.801. The van der Waals surface area contributed by atoms with E-state index in [0.29, 0.717) is 23.3 Å². The minimum absolute atomic E-state index is 0.0280. The number of thiocarbonyl (C=S) groups is 1. The maximum absolute atomic E-state index is 13.4. The Morgan fingerprint density at radius 1 is 1.17 bits per heavy atom. The Balaban J connectivity index is 1.45. The van der Waals surface area contributed by atoms with Crippen molar-refractivity contribution in [3.63, 3.8) is 0 Å². The third-order valence-electron chi connectivity index (χ3n) is 6.19. The maximum atomic E-state index is 13.4. The van der Waals surface area contributed by atoms with E-state index in [1.165, 1.54) is 4.90 Å². The molecule has 0 spiro atoms. The zero-order chi connectivity index (χ0) is 20.3. The number of amides is 3. The Labute approximate surface area is 175 Å². The monoisotopic (exact) mass is 408 g/mol. The van der Waals surface area contributed by atoms with Gasteiger partial charge in [0.05, 0.1) is 17.8 Å². The van der Waals surface area contributed by atoms with Gasteiger partial charge < -0.3 is 15.1 Å². The van der Waals surface area contributed by atoms with E-state index in [0.717, 1.165) is 23.7 Å². The SMILES string of the molecule is CC(C)CNC(=S)N1CC2CC1C1C(=O)N(c3cccc4ccccc34)C(=O)N21. The van der Waals surface area contributed by atoms with Crippen molar-refractivity contribution in [2.75, 3.05) is 18.0 Å². The van der Waals surface area contributed by atoms with Gasteiger partial charge in [0.25, 0.3) is 5.91 Å². The predicted octanol–water partition coefficient (Wildman–Crippen LogP) is 2.96. The van der Waals surface area contributed by atoms with Crippen LogP contribution in [0.25, 0.3) is 10.8 Å². The largest absolute Gasteiger partial charge is 0.362 e. The number of hydrogen-bond acceptors (Lipinski definition) is 3. The van der Waals surface area contributed by atoms with Crippen LogP contribution < -0.4 is 10.2 Å². The highest BCUT2D eigenvalue weighted by atomic mass is 32.1. The van der Waals surface area contributed by atoms with E-state index in [2.05, 4.69) is 24.1 Å². The first kappa shape index (κ1) is 18.4. The van der Waals surface area contributed by atoms with E-state index in [-0.39, 0.29) is 24.0 Å². The average Bonchev–Trinajstić information content (AvgIpc) is 3.37. The number of likely N-dealkylation sites (tertiary alicyclic amines) is 1. The molecule has 0 radical (unpaired) electrons. The molecule has 2 bridgehead atoms. The Hall–Kier alpha value is -2.67. The van der Waals surface area contributed by atoms with Crippen molar-refractivity contribution in [2.45, 2.75) is 38.4 Å². The Morgan fingerprint density at radius 2 is 1.93 bits per heavy atom. The second-order valence-electron chi connectivity index (χ2n) is 8.50. The quantitative estimate of drug-likeness (QED) is 0.625. The number of carbonyl (C=O) groups is 2. The van der Waals surface area contributed by atoms with Gasteiger partial charge in [-0.3, -0.25) is 4.79 Å². The molecule has 3 heterocycles. The molecule has 7 heteroatoms. The molecule has 2 aromatic rings. The highest BCUT2D eigenvalue weighted by molar-refractivity contribution is 7.80. The van der Waals surface area contributed by atoms with Gasteiger partial charge >= 0.3 is 6.03 Å². The topological polar surface area (TPSA) is 55.9 Å². The van der Waals surface area contributed by atoms with Crippen LogP contribution in [0.15, 0.2) is 42.5 Å². The summed E-state index contributed by atoms with van der Waals surface area (Å²) in [5, 5.41) is 5.93. The number of imide groups is 1. The second-order valence-corrected chi connectivity index (χ2v) is 8.88. The molecule has 3 saturated heterocycles. The van der Waals surface area contributed by atoms with E-state index in [1.54, 1.807) is 4.90 Å². The van der Waals surface area contributed by atoms with Crippen LogP contribution in [0.5, 0.6) is 0 Å². The summed E-state index contributed by atoms with van der Waals surface area (Å²) in [7, 11) is 0. The Kier molecular flexibility index (Phi) is 4.24. The van der Waals surface area contributed by atoms with E-state index in [1.807, 2.05) is 42.5 Å². The molecule has 29 heavy (non-hydrogen) atoms. The normalized spacial score (nSPS) is 25.5. The lowest BCUT2D eigenvalue weighted by Crippen LogP contribution is -2.57. The average molecular weight is 409 g/mol. The minimum atomic E-state index is -0.459. The predicted molar refractivity (Wildman–Crippen MR) is 117 cm³/mol. The second kappa shape index (κ2) is 6.69. The molecule has 0 aromatic heterocycles. The molecule has 150 valence electrons. The van der Waals surface area contributed by atoms with E-state index in [4.69, 9.17) is 12.2 Å². The molecule has 3 fully saturated rings. The lowest BCUT2D eigenvalue weighted by molar-refractivity contribution is -0.120. The molecule has 3 unspecified atom stereocenters. The molecule has 5 rings (SSSR count). The van der Waals surface area contributed by atoms with Gasteiger partial charge in [0.1, 0.15) is 6.04 Å². The molecule has 2 aromatic carbocycles. The summed E-state index contributed by atoms with van der Waals surface area (Å²) in [5.74, 6) is 0.344. The van der Waals surface area contributed by atoms with E-state index >= 15 is 0 Å². The molecule has 6 nitrogen and oxygen atoms in total. The van der Waals surface area contributed by atoms with Crippen molar-refractivity contribution in [3.8, 4) is 0 Å². The zero-order valence-corrected chi connectivity index (χ0v) is 17.4. The standard InChI is InChI=1S/C22H24N4O2S/c1-13(2)11-23-21(29)24-12-15-10-18(24)19-20(27)26(22(28)25(15)19)17-9-5-7-14-6-3-4-8-16(14)17/h3-9,13,15,18-19H,10-12H2,1-2H3,(H,23,29). The van der Waals surface area contributed by atoms with Crippen LogP contribution >= 0.6 is 12.2 Å². The highest BCUT2D eigenvalue weighted by Gasteiger charge is 2.62. The molecule has 1 N–H and O–H groups in total. The summed E-state index contributed by atoms with van der Waals surface area (Å²) < 4.78 is 0. The number of nitrogens with zero attached hydrogens (tertiary/aromatic N) is 3. The number of piperazine rings is 1. The summed E-state index contributed by atoms with van der Waals surface area (Å²) in [6, 6.07) is 12.9. The van der Waals surface area contributed by atoms with Crippen LogP contribution in [0.2, 0.25) is 0 Å². The fourth-order valence-electron chi connectivity index (χ4n) is 4.91. The van der Waals surface area contributed by atoms with Gasteiger partial charge in [-0.15, -0.1) is 0 Å². The van der Waals surface area contributed by atoms with Crippen LogP contribution in [0.3, 0.4) is 0 Å². The Bertz CT molecular complexity index is 1020. The van der Waals surface area contributed by atoms with Gasteiger partial charge in [-0.2, -0.15) is 0 Å². The summed E-state index contributed by atoms with van der Waals surface area (Å²) >= 11 is 5.60. The van der Waals surface area contributed by atoms with Crippen molar-refractivity contribution < 1.29 is 9.59 Å². The van der Waals surface area contributed by atoms with Gasteiger partial charge in [0, 0.05) is 18.5 Å². The third-order valence-corrected chi connectivity index (χ3v) is 6.57. The van der Waals surface area contributed by atoms with Crippen molar-refractivity contribution in [1.82, 2.24) is 15.1 Å². The number of carbonyl (C=O) groups excluding carboxylic acids is 2. The number of anilines is 1. The molecule has 3 atom stereocenters. The van der Waals surface area contributed by atoms with Crippen LogP contribution in [0.1, 0.15) is 20.3 Å². The van der Waals surface area contributed by atoms with E-state index < -0.39 is 6.04 Å². The molecule has 0 aliphatic carbocycles. The fraction of sp³-hybridized carbons (Fsp3) is 0.409. The molecular formula is C22H24N4O2S. The first-order chi connectivity index (χ1) is 14.0. The molecule has 3 amide bonds. The summed E-state index contributed by atoms with van der Waals surface area (Å²) in [4.78, 5) is 32.0. The van der Waals surface area contributed by atoms with Gasteiger partial charge in [0.2, 0.25) is 0 Å². The smallest absolute Gasteiger partial charge is 0.332 e. The summed E-state index contributed by atoms with van der Waals surface area (Å²) in [6.45, 7) is 5.76. The highest BCUT2D eigenvalue weighted by Crippen LogP contribution is 2.43. The van der Waals surface area contributed by atoms with Gasteiger partial charge in [-0.1, -0.05) is 50.2 Å². The summed E-state index contributed by atoms with van der Waals surface area (Å²) in [5.41, 5.74) is 0.666. The molecular weight excluding hydrogens is 384 g/mol. The van der Waals surface area contributed by atoms with Crippen molar-refractivity contribution in [1.29, 1.82) is 0 Å². The van der Waals surface area contributed by atoms with Gasteiger partial charge in [-0.05, 0) is 36.0 Å². The minimum Gasteiger partial charge on any atom is -0.362 e. The fourth-order valence-corrected chi connectivity index (χ4v) is 5.20. The first-order valence-electron chi connectivity index (χ1n) is 10.2. The van der Waals surface area contributed by atoms with Crippen LogP contribution in [-0.4, -0.2) is 58.1 Å². The Morgan fingerprint density at radius 3 is 2.72 bits per heavy atom. The van der Waals surface area contributed by atoms with Crippen molar-refractivity contribution in [2.24, 2.45) is 5.92 Å². The van der Waals surface area contributed by atoms with Crippen LogP contribution in [0.4, 0.5) is 10.5 Å². The van der Waals surface area contributed by atoms with E-state index in [9.17, 15) is 9.59 Å². The number of hydrogen-bond donors (Lipinski definition) is 1. The third kappa shape index (κ3) is 2.71. The molecule has 0 saturated carbocycles. The lowest BCUT2D eigenvalue weighted by atomic mass is 10.1. The maximum Gasteiger partial charge on any atom is 0.332 e. The van der Waals surface area contributed by atoms with Crippen LogP contribution in [0, 0.1) is 5.92 Å². The van der Waals surface area contributed by atoms with Crippen molar-refractivity contribution in [3.05, 3.63) is 42.5 Å².